The van der Waals surface area contributed by atoms with Crippen LogP contribution in [0.1, 0.15) is 39.0 Å². The summed E-state index contributed by atoms with van der Waals surface area (Å²) in [4.78, 5) is 0. The van der Waals surface area contributed by atoms with E-state index in [1.54, 1.807) is 12.8 Å². The van der Waals surface area contributed by atoms with E-state index in [4.69, 9.17) is 0 Å². The summed E-state index contributed by atoms with van der Waals surface area (Å²) in [6, 6.07) is 0. The zero-order valence-corrected chi connectivity index (χ0v) is 6.27. The first-order valence-corrected chi connectivity index (χ1v) is 4.42. The van der Waals surface area contributed by atoms with Crippen molar-refractivity contribution < 1.29 is 0 Å². The Hall–Kier alpha value is 0. The average Bonchev–Trinajstić information content (AvgIpc) is 2.64. The zero-order valence-electron chi connectivity index (χ0n) is 6.27. The van der Waals surface area contributed by atoms with E-state index in [0.717, 1.165) is 5.92 Å². The molecule has 2 aliphatic carbocycles. The Morgan fingerprint density at radius 3 is 2.89 bits per heavy atom. The molecule has 0 spiro atoms. The standard InChI is InChI=1S/C9H16/c1-2-7-4-3-5-8-6-9(7)8/h7-9H,2-6H2,1H3. The monoisotopic (exact) mass is 124 g/mol. The highest BCUT2D eigenvalue weighted by Gasteiger charge is 2.43. The van der Waals surface area contributed by atoms with Crippen molar-refractivity contribution in [3.05, 3.63) is 0 Å². The molecule has 0 heterocycles. The molecule has 0 aromatic heterocycles. The van der Waals surface area contributed by atoms with Gasteiger partial charge in [0.25, 0.3) is 0 Å². The maximum atomic E-state index is 2.35. The topological polar surface area (TPSA) is 0 Å². The molecular weight excluding hydrogens is 108 g/mol. The summed E-state index contributed by atoms with van der Waals surface area (Å²) in [5.74, 6) is 3.50. The van der Waals surface area contributed by atoms with Crippen LogP contribution in [0.4, 0.5) is 0 Å². The molecule has 0 aliphatic heterocycles. The Balaban J connectivity index is 1.93. The van der Waals surface area contributed by atoms with Crippen LogP contribution in [-0.2, 0) is 0 Å². The van der Waals surface area contributed by atoms with Crippen LogP contribution in [-0.4, -0.2) is 0 Å². The second-order valence-corrected chi connectivity index (χ2v) is 3.76. The van der Waals surface area contributed by atoms with Crippen LogP contribution >= 0.6 is 0 Å². The lowest BCUT2D eigenvalue weighted by Gasteiger charge is -2.18. The molecule has 2 fully saturated rings. The Kier molecular flexibility index (Phi) is 1.28. The summed E-state index contributed by atoms with van der Waals surface area (Å²) in [5.41, 5.74) is 0. The predicted molar refractivity (Wildman–Crippen MR) is 39.2 cm³/mol. The molecule has 3 unspecified atom stereocenters. The van der Waals surface area contributed by atoms with Crippen molar-refractivity contribution in [1.82, 2.24) is 0 Å². The first-order chi connectivity index (χ1) is 4.42. The van der Waals surface area contributed by atoms with Gasteiger partial charge < -0.3 is 0 Å². The molecule has 0 bridgehead atoms. The molecule has 2 saturated carbocycles. The molecule has 0 nitrogen and oxygen atoms in total. The number of rotatable bonds is 1. The fourth-order valence-electron chi connectivity index (χ4n) is 2.54. The molecule has 0 heteroatoms. The molecule has 2 rings (SSSR count). The van der Waals surface area contributed by atoms with E-state index in [-0.39, 0.29) is 0 Å². The van der Waals surface area contributed by atoms with Gasteiger partial charge >= 0.3 is 0 Å². The summed E-state index contributed by atoms with van der Waals surface area (Å²) < 4.78 is 0. The molecule has 0 saturated heterocycles. The molecule has 0 radical (unpaired) electrons. The second-order valence-electron chi connectivity index (χ2n) is 3.76. The van der Waals surface area contributed by atoms with E-state index in [2.05, 4.69) is 6.92 Å². The maximum absolute atomic E-state index is 2.35. The van der Waals surface area contributed by atoms with Crippen molar-refractivity contribution in [3.63, 3.8) is 0 Å². The van der Waals surface area contributed by atoms with Crippen molar-refractivity contribution in [1.29, 1.82) is 0 Å². The average molecular weight is 124 g/mol. The van der Waals surface area contributed by atoms with Gasteiger partial charge in [0.1, 0.15) is 0 Å². The lowest BCUT2D eigenvalue weighted by Crippen LogP contribution is -2.07. The van der Waals surface area contributed by atoms with Gasteiger partial charge in [-0.1, -0.05) is 32.6 Å². The smallest absolute Gasteiger partial charge is 0.0355 e. The Morgan fingerprint density at radius 1 is 1.33 bits per heavy atom. The number of hydrogen-bond acceptors (Lipinski definition) is 0. The minimum Gasteiger partial charge on any atom is -0.0651 e. The van der Waals surface area contributed by atoms with Crippen LogP contribution in [0, 0.1) is 17.8 Å². The van der Waals surface area contributed by atoms with Crippen molar-refractivity contribution in [2.45, 2.75) is 39.0 Å². The minimum absolute atomic E-state index is 1.13. The van der Waals surface area contributed by atoms with Gasteiger partial charge in [0, 0.05) is 0 Å². The molecule has 9 heavy (non-hydrogen) atoms. The normalized spacial score (nSPS) is 48.3. The van der Waals surface area contributed by atoms with Crippen LogP contribution in [0.2, 0.25) is 0 Å². The van der Waals surface area contributed by atoms with Crippen LogP contribution < -0.4 is 0 Å². The van der Waals surface area contributed by atoms with Crippen LogP contribution in [0.3, 0.4) is 0 Å². The van der Waals surface area contributed by atoms with E-state index < -0.39 is 0 Å². The highest BCUT2D eigenvalue weighted by atomic mass is 14.5. The summed E-state index contributed by atoms with van der Waals surface area (Å²) >= 11 is 0. The molecule has 0 N–H and O–H groups in total. The van der Waals surface area contributed by atoms with Crippen LogP contribution in [0.5, 0.6) is 0 Å². The lowest BCUT2D eigenvalue weighted by molar-refractivity contribution is 0.327. The van der Waals surface area contributed by atoms with E-state index in [9.17, 15) is 0 Å². The van der Waals surface area contributed by atoms with E-state index in [0.29, 0.717) is 0 Å². The molecule has 0 aromatic carbocycles. The van der Waals surface area contributed by atoms with Crippen molar-refractivity contribution in [2.75, 3.05) is 0 Å². The fraction of sp³-hybridized carbons (Fsp3) is 1.00. The molecule has 0 aromatic rings. The third kappa shape index (κ3) is 0.889. The van der Waals surface area contributed by atoms with Gasteiger partial charge in [-0.05, 0) is 24.2 Å². The van der Waals surface area contributed by atoms with Gasteiger partial charge in [-0.3, -0.25) is 0 Å². The summed E-state index contributed by atoms with van der Waals surface area (Å²) in [5, 5.41) is 0. The van der Waals surface area contributed by atoms with Crippen molar-refractivity contribution in [2.24, 2.45) is 17.8 Å². The van der Waals surface area contributed by atoms with E-state index >= 15 is 0 Å². The summed E-state index contributed by atoms with van der Waals surface area (Å²) in [6.45, 7) is 2.35. The number of fused-ring (bicyclic) bond motifs is 1. The minimum atomic E-state index is 1.13. The molecule has 3 atom stereocenters. The molecule has 52 valence electrons. The van der Waals surface area contributed by atoms with Crippen molar-refractivity contribution in [3.8, 4) is 0 Å². The van der Waals surface area contributed by atoms with Crippen LogP contribution in [0.15, 0.2) is 0 Å². The van der Waals surface area contributed by atoms with Gasteiger partial charge in [-0.15, -0.1) is 0 Å². The van der Waals surface area contributed by atoms with Crippen molar-refractivity contribution >= 4 is 0 Å². The first-order valence-electron chi connectivity index (χ1n) is 4.42. The predicted octanol–water partition coefficient (Wildman–Crippen LogP) is 2.83. The SMILES string of the molecule is CCC1CCCC2CC12. The third-order valence-corrected chi connectivity index (χ3v) is 3.26. The summed E-state index contributed by atoms with van der Waals surface area (Å²) in [7, 11) is 0. The quantitative estimate of drug-likeness (QED) is 0.504. The Bertz CT molecular complexity index is 107. The van der Waals surface area contributed by atoms with E-state index in [1.807, 2.05) is 0 Å². The lowest BCUT2D eigenvalue weighted by atomic mass is 9.87. The fourth-order valence-corrected chi connectivity index (χ4v) is 2.54. The maximum Gasteiger partial charge on any atom is -0.0355 e. The van der Waals surface area contributed by atoms with Gasteiger partial charge in [-0.25, -0.2) is 0 Å². The van der Waals surface area contributed by atoms with E-state index in [1.165, 1.54) is 31.1 Å². The highest BCUT2D eigenvalue weighted by Crippen LogP contribution is 2.53. The highest BCUT2D eigenvalue weighted by molar-refractivity contribution is 4.93. The van der Waals surface area contributed by atoms with Gasteiger partial charge in [0.2, 0.25) is 0 Å². The largest absolute Gasteiger partial charge is 0.0651 e. The van der Waals surface area contributed by atoms with Gasteiger partial charge in [-0.2, -0.15) is 0 Å². The summed E-state index contributed by atoms with van der Waals surface area (Å²) in [6.07, 6.45) is 7.65. The zero-order chi connectivity index (χ0) is 6.27. The Labute approximate surface area is 57.6 Å². The Morgan fingerprint density at radius 2 is 2.22 bits per heavy atom. The molecule has 0 amide bonds. The van der Waals surface area contributed by atoms with Gasteiger partial charge in [0.05, 0.1) is 0 Å². The molecular formula is C9H16. The van der Waals surface area contributed by atoms with Crippen LogP contribution in [0.25, 0.3) is 0 Å². The first kappa shape index (κ1) is 5.76. The number of hydrogen-bond donors (Lipinski definition) is 0. The second kappa shape index (κ2) is 2.00. The molecule has 2 aliphatic rings. The third-order valence-electron chi connectivity index (χ3n) is 3.26. The van der Waals surface area contributed by atoms with Gasteiger partial charge in [0.15, 0.2) is 0 Å².